The zero-order chi connectivity index (χ0) is 16.2. The normalized spacial score (nSPS) is 11.7. The molecule has 0 aliphatic rings. The molecular formula is C13H22N4O3S. The van der Waals surface area contributed by atoms with Gasteiger partial charge in [0.2, 0.25) is 5.91 Å². The van der Waals surface area contributed by atoms with Crippen LogP contribution in [-0.2, 0) is 16.1 Å². The van der Waals surface area contributed by atoms with E-state index in [1.165, 1.54) is 0 Å². The number of carboxylic acids is 1. The van der Waals surface area contributed by atoms with Crippen LogP contribution in [-0.4, -0.2) is 44.5 Å². The fourth-order valence-electron chi connectivity index (χ4n) is 1.91. The summed E-state index contributed by atoms with van der Waals surface area (Å²) >= 11 is 1.11. The number of carboxylic acid groups (broad SMARTS) is 1. The van der Waals surface area contributed by atoms with E-state index in [0.717, 1.165) is 17.6 Å². The standard InChI is InChI=1S/C13H22N4O3S/c1-8(2)10-15-16-12(21-6-9(18)19)17(10)7-13(3,4)11(20)14-5/h8H,6-7H2,1-5H3,(H,14,20)(H,18,19). The van der Waals surface area contributed by atoms with Gasteiger partial charge in [0.05, 0.1) is 11.2 Å². The van der Waals surface area contributed by atoms with Gasteiger partial charge in [0.25, 0.3) is 0 Å². The van der Waals surface area contributed by atoms with E-state index in [1.807, 2.05) is 32.3 Å². The van der Waals surface area contributed by atoms with Gasteiger partial charge in [-0.3, -0.25) is 9.59 Å². The number of carbonyl (C=O) groups excluding carboxylic acids is 1. The van der Waals surface area contributed by atoms with Crippen LogP contribution in [0.15, 0.2) is 5.16 Å². The summed E-state index contributed by atoms with van der Waals surface area (Å²) in [5, 5.41) is 20.2. The Morgan fingerprint density at radius 2 is 2.00 bits per heavy atom. The zero-order valence-corrected chi connectivity index (χ0v) is 13.8. The van der Waals surface area contributed by atoms with Crippen molar-refractivity contribution < 1.29 is 14.7 Å². The van der Waals surface area contributed by atoms with E-state index >= 15 is 0 Å². The number of hydrogen-bond donors (Lipinski definition) is 2. The van der Waals surface area contributed by atoms with Crippen LogP contribution in [0.1, 0.15) is 39.4 Å². The van der Waals surface area contributed by atoms with Crippen molar-refractivity contribution in [3.8, 4) is 0 Å². The third-order valence-corrected chi connectivity index (χ3v) is 3.93. The molecule has 0 fully saturated rings. The second-order valence-corrected chi connectivity index (χ2v) is 6.67. The van der Waals surface area contributed by atoms with Crippen molar-refractivity contribution in [3.05, 3.63) is 5.82 Å². The minimum Gasteiger partial charge on any atom is -0.481 e. The average molecular weight is 314 g/mol. The van der Waals surface area contributed by atoms with Gasteiger partial charge in [0, 0.05) is 19.5 Å². The number of hydrogen-bond acceptors (Lipinski definition) is 5. The molecule has 0 aliphatic carbocycles. The summed E-state index contributed by atoms with van der Waals surface area (Å²) in [7, 11) is 1.60. The molecule has 0 saturated carbocycles. The molecule has 7 nitrogen and oxygen atoms in total. The molecule has 0 unspecified atom stereocenters. The summed E-state index contributed by atoms with van der Waals surface area (Å²) in [6, 6.07) is 0. The maximum atomic E-state index is 12.0. The molecule has 0 spiro atoms. The first kappa shape index (κ1) is 17.5. The lowest BCUT2D eigenvalue weighted by molar-refractivity contribution is -0.134. The van der Waals surface area contributed by atoms with Crippen LogP contribution in [0.5, 0.6) is 0 Å². The van der Waals surface area contributed by atoms with Crippen LogP contribution in [0, 0.1) is 5.41 Å². The SMILES string of the molecule is CNC(=O)C(C)(C)Cn1c(SCC(=O)O)nnc1C(C)C. The van der Waals surface area contributed by atoms with Crippen LogP contribution in [0.3, 0.4) is 0 Å². The first-order valence-electron chi connectivity index (χ1n) is 6.69. The Bertz CT molecular complexity index is 525. The zero-order valence-electron chi connectivity index (χ0n) is 13.0. The molecule has 118 valence electrons. The Hall–Kier alpha value is -1.57. The van der Waals surface area contributed by atoms with Crippen LogP contribution in [0.4, 0.5) is 0 Å². The second-order valence-electron chi connectivity index (χ2n) is 5.73. The summed E-state index contributed by atoms with van der Waals surface area (Å²) < 4.78 is 1.84. The van der Waals surface area contributed by atoms with Crippen LogP contribution in [0.25, 0.3) is 0 Å². The molecule has 0 atom stereocenters. The molecule has 0 saturated heterocycles. The van der Waals surface area contributed by atoms with E-state index in [4.69, 9.17) is 5.11 Å². The first-order valence-corrected chi connectivity index (χ1v) is 7.67. The molecule has 0 bridgehead atoms. The highest BCUT2D eigenvalue weighted by Crippen LogP contribution is 2.27. The van der Waals surface area contributed by atoms with Gasteiger partial charge < -0.3 is 15.0 Å². The Balaban J connectivity index is 3.09. The summed E-state index contributed by atoms with van der Waals surface area (Å²) in [6.45, 7) is 8.04. The van der Waals surface area contributed by atoms with Crippen molar-refractivity contribution in [3.63, 3.8) is 0 Å². The number of nitrogens with one attached hydrogen (secondary N) is 1. The van der Waals surface area contributed by atoms with Crippen molar-refractivity contribution in [1.82, 2.24) is 20.1 Å². The molecule has 0 aliphatic heterocycles. The molecule has 1 heterocycles. The van der Waals surface area contributed by atoms with Crippen LogP contribution < -0.4 is 5.32 Å². The summed E-state index contributed by atoms with van der Waals surface area (Å²) in [5.41, 5.74) is -0.640. The van der Waals surface area contributed by atoms with E-state index in [1.54, 1.807) is 7.05 Å². The highest BCUT2D eigenvalue weighted by Gasteiger charge is 2.30. The van der Waals surface area contributed by atoms with Gasteiger partial charge in [-0.1, -0.05) is 25.6 Å². The molecule has 1 aromatic rings. The summed E-state index contributed by atoms with van der Waals surface area (Å²) in [5.74, 6) is -0.195. The lowest BCUT2D eigenvalue weighted by atomic mass is 9.92. The van der Waals surface area contributed by atoms with E-state index in [-0.39, 0.29) is 17.6 Å². The molecule has 0 radical (unpaired) electrons. The predicted octanol–water partition coefficient (Wildman–Crippen LogP) is 1.35. The second kappa shape index (κ2) is 6.93. The van der Waals surface area contributed by atoms with Gasteiger partial charge in [-0.15, -0.1) is 10.2 Å². The minimum absolute atomic E-state index is 0.0832. The number of aliphatic carboxylic acids is 1. The Morgan fingerprint density at radius 1 is 1.38 bits per heavy atom. The molecule has 1 aromatic heterocycles. The Kier molecular flexibility index (Phi) is 5.77. The van der Waals surface area contributed by atoms with Crippen molar-refractivity contribution in [2.75, 3.05) is 12.8 Å². The molecule has 0 aromatic carbocycles. The van der Waals surface area contributed by atoms with Crippen LogP contribution >= 0.6 is 11.8 Å². The van der Waals surface area contributed by atoms with Gasteiger partial charge in [-0.25, -0.2) is 0 Å². The highest BCUT2D eigenvalue weighted by molar-refractivity contribution is 7.99. The molecular weight excluding hydrogens is 292 g/mol. The number of rotatable bonds is 7. The number of amides is 1. The number of carbonyl (C=O) groups is 2. The average Bonchev–Trinajstić information content (AvgIpc) is 2.77. The summed E-state index contributed by atoms with van der Waals surface area (Å²) in [6.07, 6.45) is 0. The lowest BCUT2D eigenvalue weighted by Crippen LogP contribution is -2.38. The van der Waals surface area contributed by atoms with Crippen LogP contribution in [0.2, 0.25) is 0 Å². The highest BCUT2D eigenvalue weighted by atomic mass is 32.2. The molecule has 21 heavy (non-hydrogen) atoms. The van der Waals surface area contributed by atoms with Gasteiger partial charge in [-0.2, -0.15) is 0 Å². The van der Waals surface area contributed by atoms with Gasteiger partial charge >= 0.3 is 5.97 Å². The minimum atomic E-state index is -0.911. The van der Waals surface area contributed by atoms with Gasteiger partial charge in [0.15, 0.2) is 5.16 Å². The van der Waals surface area contributed by atoms with Crippen molar-refractivity contribution in [2.45, 2.75) is 45.3 Å². The third-order valence-electron chi connectivity index (χ3n) is 2.98. The monoisotopic (exact) mass is 314 g/mol. The lowest BCUT2D eigenvalue weighted by Gasteiger charge is -2.25. The molecule has 8 heteroatoms. The van der Waals surface area contributed by atoms with E-state index in [9.17, 15) is 9.59 Å². The molecule has 1 rings (SSSR count). The topological polar surface area (TPSA) is 97.1 Å². The fraction of sp³-hybridized carbons (Fsp3) is 0.692. The molecule has 1 amide bonds. The van der Waals surface area contributed by atoms with Crippen molar-refractivity contribution >= 4 is 23.6 Å². The maximum Gasteiger partial charge on any atom is 0.313 e. The maximum absolute atomic E-state index is 12.0. The first-order chi connectivity index (χ1) is 9.69. The number of aromatic nitrogens is 3. The van der Waals surface area contributed by atoms with Crippen molar-refractivity contribution in [1.29, 1.82) is 0 Å². The van der Waals surface area contributed by atoms with E-state index in [2.05, 4.69) is 15.5 Å². The van der Waals surface area contributed by atoms with E-state index in [0.29, 0.717) is 11.7 Å². The molecule has 2 N–H and O–H groups in total. The fourth-order valence-corrected chi connectivity index (χ4v) is 2.58. The predicted molar refractivity (Wildman–Crippen MR) is 80.3 cm³/mol. The van der Waals surface area contributed by atoms with E-state index < -0.39 is 11.4 Å². The Labute approximate surface area is 128 Å². The van der Waals surface area contributed by atoms with Gasteiger partial charge in [-0.05, 0) is 13.8 Å². The van der Waals surface area contributed by atoms with Gasteiger partial charge in [0.1, 0.15) is 5.82 Å². The Morgan fingerprint density at radius 3 is 2.48 bits per heavy atom. The van der Waals surface area contributed by atoms with Crippen molar-refractivity contribution in [2.24, 2.45) is 5.41 Å². The number of thioether (sulfide) groups is 1. The number of nitrogens with zero attached hydrogens (tertiary/aromatic N) is 3. The summed E-state index contributed by atoms with van der Waals surface area (Å²) in [4.78, 5) is 22.7. The quantitative estimate of drug-likeness (QED) is 0.737. The largest absolute Gasteiger partial charge is 0.481 e. The third kappa shape index (κ3) is 4.45. The smallest absolute Gasteiger partial charge is 0.313 e.